The van der Waals surface area contributed by atoms with Crippen LogP contribution in [0.4, 0.5) is 0 Å². The Bertz CT molecular complexity index is 480. The molecule has 0 amide bonds. The monoisotopic (exact) mass is 281 g/mol. The van der Waals surface area contributed by atoms with E-state index in [1.165, 1.54) is 0 Å². The molecule has 104 valence electrons. The minimum Gasteiger partial charge on any atom is -0.400 e. The van der Waals surface area contributed by atoms with Crippen molar-refractivity contribution in [1.82, 2.24) is 4.98 Å². The quantitative estimate of drug-likeness (QED) is 0.865. The minimum atomic E-state index is -0.515. The van der Waals surface area contributed by atoms with Gasteiger partial charge in [-0.2, -0.15) is 0 Å². The molecule has 1 aromatic rings. The number of aliphatic hydroxyl groups is 1. The molecule has 0 saturated carbocycles. The number of aryl methyl sites for hydroxylation is 1. The lowest BCUT2D eigenvalue weighted by atomic mass is 9.78. The zero-order chi connectivity index (χ0) is 14.3. The molecule has 0 atom stereocenters. The third-order valence-corrected chi connectivity index (χ3v) is 4.55. The number of rotatable bonds is 3. The zero-order valence-electron chi connectivity index (χ0n) is 12.1. The van der Waals surface area contributed by atoms with Gasteiger partial charge in [0.05, 0.1) is 17.8 Å². The fourth-order valence-corrected chi connectivity index (χ4v) is 2.53. The van der Waals surface area contributed by atoms with Crippen molar-refractivity contribution in [2.45, 2.75) is 45.8 Å². The maximum atomic E-state index is 9.54. The maximum absolute atomic E-state index is 9.54. The van der Waals surface area contributed by atoms with E-state index >= 15 is 0 Å². The summed E-state index contributed by atoms with van der Waals surface area (Å²) in [4.78, 5) is 5.40. The standard InChI is InChI=1S/C13H20BNO3S/c1-9-7-15-11(19-9)6-10(8-16)14-17-12(2,3)13(4,5)18-14/h6-7,16H,8H2,1-5H3. The summed E-state index contributed by atoms with van der Waals surface area (Å²) in [5, 5.41) is 10.4. The predicted octanol–water partition coefficient (Wildman–Crippen LogP) is 2.46. The Balaban J connectivity index is 2.23. The van der Waals surface area contributed by atoms with Crippen molar-refractivity contribution in [2.75, 3.05) is 6.61 Å². The zero-order valence-corrected chi connectivity index (χ0v) is 12.9. The molecule has 1 aromatic heterocycles. The van der Waals surface area contributed by atoms with Crippen molar-refractivity contribution in [2.24, 2.45) is 0 Å². The lowest BCUT2D eigenvalue weighted by Crippen LogP contribution is -2.41. The van der Waals surface area contributed by atoms with Gasteiger partial charge in [0.2, 0.25) is 0 Å². The second-order valence-electron chi connectivity index (χ2n) is 5.77. The summed E-state index contributed by atoms with van der Waals surface area (Å²) < 4.78 is 11.8. The van der Waals surface area contributed by atoms with Gasteiger partial charge in [0.25, 0.3) is 0 Å². The topological polar surface area (TPSA) is 51.6 Å². The molecule has 1 aliphatic rings. The van der Waals surface area contributed by atoms with Crippen molar-refractivity contribution in [3.63, 3.8) is 0 Å². The van der Waals surface area contributed by atoms with E-state index in [1.807, 2.05) is 46.9 Å². The number of hydrogen-bond donors (Lipinski definition) is 1. The predicted molar refractivity (Wildman–Crippen MR) is 78.0 cm³/mol. The highest BCUT2D eigenvalue weighted by atomic mass is 32.1. The molecule has 0 aromatic carbocycles. The summed E-state index contributed by atoms with van der Waals surface area (Å²) >= 11 is 1.58. The summed E-state index contributed by atoms with van der Waals surface area (Å²) in [6.07, 6.45) is 3.66. The van der Waals surface area contributed by atoms with Gasteiger partial charge >= 0.3 is 7.12 Å². The van der Waals surface area contributed by atoms with Gasteiger partial charge in [-0.3, -0.25) is 0 Å². The maximum Gasteiger partial charge on any atom is 0.493 e. The second kappa shape index (κ2) is 5.02. The lowest BCUT2D eigenvalue weighted by molar-refractivity contribution is 0.00578. The first kappa shape index (κ1) is 14.7. The van der Waals surface area contributed by atoms with Crippen LogP contribution in [0.1, 0.15) is 37.6 Å². The number of nitrogens with zero attached hydrogens (tertiary/aromatic N) is 1. The van der Waals surface area contributed by atoms with E-state index < -0.39 is 18.3 Å². The van der Waals surface area contributed by atoms with Crippen LogP contribution in [-0.4, -0.2) is 35.0 Å². The Hall–Kier alpha value is -0.685. The van der Waals surface area contributed by atoms with Gasteiger partial charge in [0.1, 0.15) is 5.01 Å². The van der Waals surface area contributed by atoms with Crippen molar-refractivity contribution in [3.8, 4) is 0 Å². The van der Waals surface area contributed by atoms with Crippen LogP contribution in [-0.2, 0) is 9.31 Å². The molecule has 0 spiro atoms. The Morgan fingerprint density at radius 1 is 1.37 bits per heavy atom. The van der Waals surface area contributed by atoms with E-state index in [0.717, 1.165) is 9.88 Å². The molecule has 1 N–H and O–H groups in total. The van der Waals surface area contributed by atoms with E-state index in [1.54, 1.807) is 11.3 Å². The van der Waals surface area contributed by atoms with E-state index in [0.29, 0.717) is 5.47 Å². The highest BCUT2D eigenvalue weighted by Gasteiger charge is 2.52. The summed E-state index contributed by atoms with van der Waals surface area (Å²) in [6.45, 7) is 9.88. The van der Waals surface area contributed by atoms with Crippen LogP contribution in [0.25, 0.3) is 6.08 Å². The van der Waals surface area contributed by atoms with E-state index in [-0.39, 0.29) is 6.61 Å². The van der Waals surface area contributed by atoms with E-state index in [9.17, 15) is 5.11 Å². The van der Waals surface area contributed by atoms with Gasteiger partial charge in [-0.05, 0) is 46.2 Å². The van der Waals surface area contributed by atoms with Gasteiger partial charge in [-0.15, -0.1) is 11.3 Å². The molecule has 19 heavy (non-hydrogen) atoms. The van der Waals surface area contributed by atoms with Gasteiger partial charge in [0, 0.05) is 11.1 Å². The van der Waals surface area contributed by atoms with Crippen LogP contribution < -0.4 is 0 Å². The van der Waals surface area contributed by atoms with Gasteiger partial charge in [-0.1, -0.05) is 0 Å². The van der Waals surface area contributed by atoms with Crippen molar-refractivity contribution in [1.29, 1.82) is 0 Å². The number of aromatic nitrogens is 1. The van der Waals surface area contributed by atoms with Crippen LogP contribution in [0.2, 0.25) is 0 Å². The largest absolute Gasteiger partial charge is 0.493 e. The van der Waals surface area contributed by atoms with Crippen LogP contribution >= 0.6 is 11.3 Å². The third kappa shape index (κ3) is 2.92. The first-order chi connectivity index (χ1) is 8.75. The number of aliphatic hydroxyl groups excluding tert-OH is 1. The Labute approximate surface area is 118 Å². The fourth-order valence-electron chi connectivity index (χ4n) is 1.78. The molecular formula is C13H20BNO3S. The van der Waals surface area contributed by atoms with Crippen molar-refractivity contribution < 1.29 is 14.4 Å². The third-order valence-electron chi connectivity index (χ3n) is 3.69. The average molecular weight is 281 g/mol. The van der Waals surface area contributed by atoms with Crippen LogP contribution in [0.3, 0.4) is 0 Å². The van der Waals surface area contributed by atoms with Crippen LogP contribution in [0, 0.1) is 6.92 Å². The molecular weight excluding hydrogens is 261 g/mol. The molecule has 2 heterocycles. The summed E-state index contributed by atoms with van der Waals surface area (Å²) in [5.74, 6) is 0. The molecule has 6 heteroatoms. The average Bonchev–Trinajstić information content (AvgIpc) is 2.78. The second-order valence-corrected chi connectivity index (χ2v) is 7.04. The summed E-state index contributed by atoms with van der Waals surface area (Å²) in [6, 6.07) is 0. The van der Waals surface area contributed by atoms with Gasteiger partial charge in [0.15, 0.2) is 0 Å². The van der Waals surface area contributed by atoms with E-state index in [2.05, 4.69) is 4.98 Å². The van der Waals surface area contributed by atoms with Crippen LogP contribution in [0.15, 0.2) is 11.7 Å². The minimum absolute atomic E-state index is 0.102. The van der Waals surface area contributed by atoms with Gasteiger partial charge < -0.3 is 14.4 Å². The molecule has 0 radical (unpaired) electrons. The Kier molecular flexibility index (Phi) is 3.88. The molecule has 0 bridgehead atoms. The first-order valence-electron chi connectivity index (χ1n) is 6.34. The molecule has 1 saturated heterocycles. The Morgan fingerprint density at radius 3 is 2.37 bits per heavy atom. The molecule has 0 unspecified atom stereocenters. The SMILES string of the molecule is Cc1cnc(C=C(CO)B2OC(C)(C)C(C)(C)O2)s1. The molecule has 1 fully saturated rings. The summed E-state index contributed by atoms with van der Waals surface area (Å²) in [7, 11) is -0.515. The smallest absolute Gasteiger partial charge is 0.400 e. The molecule has 1 aliphatic heterocycles. The first-order valence-corrected chi connectivity index (χ1v) is 7.16. The van der Waals surface area contributed by atoms with Crippen molar-refractivity contribution in [3.05, 3.63) is 21.6 Å². The van der Waals surface area contributed by atoms with E-state index in [4.69, 9.17) is 9.31 Å². The Morgan fingerprint density at radius 2 is 1.95 bits per heavy atom. The lowest BCUT2D eigenvalue weighted by Gasteiger charge is -2.32. The molecule has 2 rings (SSSR count). The van der Waals surface area contributed by atoms with Gasteiger partial charge in [-0.25, -0.2) is 4.98 Å². The van der Waals surface area contributed by atoms with Crippen molar-refractivity contribution >= 4 is 24.5 Å². The summed E-state index contributed by atoms with van der Waals surface area (Å²) in [5.41, 5.74) is -0.0943. The number of thiazole rings is 1. The normalized spacial score (nSPS) is 22.0. The van der Waals surface area contributed by atoms with Crippen LogP contribution in [0.5, 0.6) is 0 Å². The molecule has 4 nitrogen and oxygen atoms in total. The number of hydrogen-bond acceptors (Lipinski definition) is 5. The fraction of sp³-hybridized carbons (Fsp3) is 0.615. The highest BCUT2D eigenvalue weighted by molar-refractivity contribution is 7.12. The molecule has 0 aliphatic carbocycles. The highest BCUT2D eigenvalue weighted by Crippen LogP contribution is 2.38.